The highest BCUT2D eigenvalue weighted by Crippen LogP contribution is 2.40. The first-order chi connectivity index (χ1) is 24.6. The average Bonchev–Trinajstić information content (AvgIpc) is 3.87. The van der Waals surface area contributed by atoms with Crippen molar-refractivity contribution in [3.8, 4) is 10.6 Å². The molecule has 5 atom stereocenters. The molecule has 50 heavy (non-hydrogen) atoms. The Morgan fingerprint density at radius 1 is 0.700 bits per heavy atom. The normalized spacial score (nSPS) is 20.6. The molecule has 0 saturated carbocycles. The Hall–Kier alpha value is -4.12. The van der Waals surface area contributed by atoms with Gasteiger partial charge in [0.1, 0.15) is 36.3 Å². The third-order valence-electron chi connectivity index (χ3n) is 8.73. The van der Waals surface area contributed by atoms with Crippen LogP contribution in [0.3, 0.4) is 0 Å². The number of hydrogen-bond acceptors (Lipinski definition) is 8. The molecule has 256 valence electrons. The number of aromatic nitrogens is 1. The second-order valence-electron chi connectivity index (χ2n) is 12.2. The Morgan fingerprint density at radius 3 is 1.88 bits per heavy atom. The lowest BCUT2D eigenvalue weighted by atomic mass is 9.89. The predicted molar refractivity (Wildman–Crippen MR) is 194 cm³/mol. The van der Waals surface area contributed by atoms with Gasteiger partial charge in [0.15, 0.2) is 0 Å². The first-order valence-corrected chi connectivity index (χ1v) is 17.8. The number of ether oxygens (including phenoxy) is 4. The number of thiazole rings is 1. The second-order valence-corrected chi connectivity index (χ2v) is 13.7. The van der Waals surface area contributed by atoms with E-state index in [1.54, 1.807) is 17.6 Å². The molecule has 6 aromatic rings. The molecule has 1 aliphatic rings. The fraction of sp³-hybridized carbons (Fsp3) is 0.244. The molecule has 0 aliphatic carbocycles. The van der Waals surface area contributed by atoms with Crippen molar-refractivity contribution < 1.29 is 28.5 Å². The van der Waals surface area contributed by atoms with Crippen molar-refractivity contribution in [3.05, 3.63) is 172 Å². The van der Waals surface area contributed by atoms with E-state index in [0.717, 1.165) is 43.5 Å². The van der Waals surface area contributed by atoms with Gasteiger partial charge in [-0.15, -0.1) is 11.3 Å². The van der Waals surface area contributed by atoms with Gasteiger partial charge in [-0.25, -0.2) is 4.98 Å². The predicted octanol–water partition coefficient (Wildman–Crippen LogP) is 8.84. The number of nitrogens with zero attached hydrogens (tertiary/aromatic N) is 1. The number of hydrogen-bond donors (Lipinski definition) is 1. The van der Waals surface area contributed by atoms with Crippen LogP contribution in [0.5, 0.6) is 0 Å². The van der Waals surface area contributed by atoms with Gasteiger partial charge in [-0.3, -0.25) is 0 Å². The zero-order chi connectivity index (χ0) is 34.1. The molecule has 9 heteroatoms. The average molecular weight is 708 g/mol. The van der Waals surface area contributed by atoms with E-state index in [0.29, 0.717) is 31.3 Å². The van der Waals surface area contributed by atoms with Crippen LogP contribution in [0.25, 0.3) is 10.6 Å². The van der Waals surface area contributed by atoms with Crippen LogP contribution in [0.2, 0.25) is 5.02 Å². The Morgan fingerprint density at radius 2 is 1.30 bits per heavy atom. The maximum Gasteiger partial charge on any atom is 0.145 e. The van der Waals surface area contributed by atoms with E-state index in [-0.39, 0.29) is 6.61 Å². The molecule has 0 unspecified atom stereocenters. The smallest absolute Gasteiger partial charge is 0.145 e. The summed E-state index contributed by atoms with van der Waals surface area (Å²) in [7, 11) is 0. The van der Waals surface area contributed by atoms with Crippen LogP contribution in [0.4, 0.5) is 0 Å². The summed E-state index contributed by atoms with van der Waals surface area (Å²) in [4.78, 5) is 5.60. The Labute approximate surface area is 301 Å². The summed E-state index contributed by atoms with van der Waals surface area (Å²) < 4.78 is 32.4. The summed E-state index contributed by atoms with van der Waals surface area (Å²) in [5.41, 5.74) is 4.81. The topological polar surface area (TPSA) is 83.2 Å². The van der Waals surface area contributed by atoms with Crippen LogP contribution in [0, 0.1) is 0 Å². The lowest BCUT2D eigenvalue weighted by molar-refractivity contribution is -0.272. The summed E-state index contributed by atoms with van der Waals surface area (Å²) in [6, 6.07) is 39.7. The summed E-state index contributed by atoms with van der Waals surface area (Å²) in [5.74, 6) is 0.781. The molecule has 0 bridgehead atoms. The van der Waals surface area contributed by atoms with Crippen LogP contribution in [0.15, 0.2) is 138 Å². The maximum atomic E-state index is 10.8. The maximum absolute atomic E-state index is 10.8. The molecule has 3 heterocycles. The lowest BCUT2D eigenvalue weighted by Crippen LogP contribution is -2.58. The van der Waals surface area contributed by atoms with Crippen molar-refractivity contribution in [3.63, 3.8) is 0 Å². The van der Waals surface area contributed by atoms with Crippen LogP contribution >= 0.6 is 22.9 Å². The van der Waals surface area contributed by atoms with Gasteiger partial charge >= 0.3 is 0 Å². The molecule has 1 saturated heterocycles. The van der Waals surface area contributed by atoms with Crippen molar-refractivity contribution >= 4 is 22.9 Å². The van der Waals surface area contributed by atoms with Gasteiger partial charge in [-0.05, 0) is 46.0 Å². The van der Waals surface area contributed by atoms with Gasteiger partial charge in [0.05, 0.1) is 42.6 Å². The Balaban J connectivity index is 1.22. The standard InChI is InChI=1S/C41H38ClNO6S/c42-33-19-18-31(21-32(33)22-37-43-23-36(50-37)34-17-10-20-45-34)38-40(47-26-29-13-6-2-7-14-29)41(48-27-30-15-8-3-9-16-30)39(35(24-44)49-38)46-25-28-11-4-1-5-12-28/h1-21,23,35,38-41,44H,22,24-27H2/t35-,38+,39-,40+,41-/m1/s1. The van der Waals surface area contributed by atoms with E-state index in [2.05, 4.69) is 4.98 Å². The summed E-state index contributed by atoms with van der Waals surface area (Å²) >= 11 is 8.36. The Kier molecular flexibility index (Phi) is 11.5. The number of aliphatic hydroxyl groups excluding tert-OH is 1. The lowest BCUT2D eigenvalue weighted by Gasteiger charge is -2.46. The van der Waals surface area contributed by atoms with Gasteiger partial charge in [-0.2, -0.15) is 0 Å². The Bertz CT molecular complexity index is 1900. The molecule has 1 fully saturated rings. The van der Waals surface area contributed by atoms with Crippen LogP contribution in [-0.4, -0.2) is 41.1 Å². The minimum atomic E-state index is -0.685. The molecule has 0 amide bonds. The fourth-order valence-corrected chi connectivity index (χ4v) is 7.29. The quantitative estimate of drug-likeness (QED) is 0.121. The van der Waals surface area contributed by atoms with Crippen molar-refractivity contribution in [2.75, 3.05) is 6.61 Å². The molecule has 1 aliphatic heterocycles. The SMILES string of the molecule is OC[C@H]1O[C@@H](c2ccc(Cl)c(Cc3ncc(-c4ccco4)s3)c2)[C@H](OCc2ccccc2)[C@H](OCc2ccccc2)[C@@H]1OCc1ccccc1. The fourth-order valence-electron chi connectivity index (χ4n) is 6.20. The number of rotatable bonds is 14. The first kappa shape index (κ1) is 34.3. The zero-order valence-corrected chi connectivity index (χ0v) is 28.9. The van der Waals surface area contributed by atoms with Crippen LogP contribution < -0.4 is 0 Å². The molecule has 2 aromatic heterocycles. The molecule has 7 rings (SSSR count). The summed E-state index contributed by atoms with van der Waals surface area (Å²) in [6.45, 7) is 0.731. The van der Waals surface area contributed by atoms with E-state index in [4.69, 9.17) is 35.0 Å². The van der Waals surface area contributed by atoms with Gasteiger partial charge in [-0.1, -0.05) is 115 Å². The summed E-state index contributed by atoms with van der Waals surface area (Å²) in [5, 5.41) is 12.3. The minimum absolute atomic E-state index is 0.262. The molecule has 0 spiro atoms. The van der Waals surface area contributed by atoms with Gasteiger partial charge in [0.25, 0.3) is 0 Å². The minimum Gasteiger partial charge on any atom is -0.463 e. The monoisotopic (exact) mass is 707 g/mol. The van der Waals surface area contributed by atoms with Crippen molar-refractivity contribution in [1.29, 1.82) is 0 Å². The highest BCUT2D eigenvalue weighted by atomic mass is 35.5. The number of benzene rings is 4. The molecule has 7 nitrogen and oxygen atoms in total. The van der Waals surface area contributed by atoms with E-state index in [1.165, 1.54) is 0 Å². The largest absolute Gasteiger partial charge is 0.463 e. The van der Waals surface area contributed by atoms with E-state index < -0.39 is 30.5 Å². The number of halogens is 1. The van der Waals surface area contributed by atoms with E-state index >= 15 is 0 Å². The summed E-state index contributed by atoms with van der Waals surface area (Å²) in [6.07, 6.45) is 0.917. The molecule has 4 aromatic carbocycles. The zero-order valence-electron chi connectivity index (χ0n) is 27.3. The number of furan rings is 1. The molecular formula is C41H38ClNO6S. The molecular weight excluding hydrogens is 670 g/mol. The highest BCUT2D eigenvalue weighted by molar-refractivity contribution is 7.15. The van der Waals surface area contributed by atoms with Crippen molar-refractivity contribution in [2.45, 2.75) is 56.8 Å². The third kappa shape index (κ3) is 8.42. The van der Waals surface area contributed by atoms with Gasteiger partial charge in [0.2, 0.25) is 0 Å². The van der Waals surface area contributed by atoms with Gasteiger partial charge < -0.3 is 28.5 Å². The molecule has 0 radical (unpaired) electrons. The third-order valence-corrected chi connectivity index (χ3v) is 10.1. The van der Waals surface area contributed by atoms with Crippen molar-refractivity contribution in [2.24, 2.45) is 0 Å². The highest BCUT2D eigenvalue weighted by Gasteiger charge is 2.48. The van der Waals surface area contributed by atoms with Gasteiger partial charge in [0, 0.05) is 17.6 Å². The second kappa shape index (κ2) is 16.7. The first-order valence-electron chi connectivity index (χ1n) is 16.6. The van der Waals surface area contributed by atoms with Crippen LogP contribution in [0.1, 0.15) is 38.9 Å². The molecule has 1 N–H and O–H groups in total. The van der Waals surface area contributed by atoms with E-state index in [1.807, 2.05) is 128 Å². The van der Waals surface area contributed by atoms with Crippen molar-refractivity contribution in [1.82, 2.24) is 4.98 Å². The van der Waals surface area contributed by atoms with Crippen LogP contribution in [-0.2, 0) is 45.2 Å². The number of aliphatic hydroxyl groups is 1. The van der Waals surface area contributed by atoms with E-state index in [9.17, 15) is 5.11 Å².